The predicted molar refractivity (Wildman–Crippen MR) is 124 cm³/mol. The van der Waals surface area contributed by atoms with E-state index in [-0.39, 0.29) is 6.10 Å². The third-order valence-corrected chi connectivity index (χ3v) is 10.9. The van der Waals surface area contributed by atoms with E-state index in [1.54, 1.807) is 0 Å². The van der Waals surface area contributed by atoms with Gasteiger partial charge in [0, 0.05) is 0 Å². The van der Waals surface area contributed by atoms with Crippen LogP contribution < -0.4 is 0 Å². The Kier molecular flexibility index (Phi) is 5.86. The second kappa shape index (κ2) is 7.85. The highest BCUT2D eigenvalue weighted by Gasteiger charge is 2.61. The van der Waals surface area contributed by atoms with E-state index in [1.165, 1.54) is 63.4 Å². The van der Waals surface area contributed by atoms with E-state index < -0.39 is 0 Å². The zero-order valence-electron chi connectivity index (χ0n) is 19.7. The summed E-state index contributed by atoms with van der Waals surface area (Å²) in [6.07, 6.45) is 14.4. The van der Waals surface area contributed by atoms with Crippen molar-refractivity contribution in [2.45, 2.75) is 104 Å². The second-order valence-corrected chi connectivity index (χ2v) is 12.2. The maximum atomic E-state index is 10.7. The summed E-state index contributed by atoms with van der Waals surface area (Å²) in [7, 11) is 0. The molecule has 0 amide bonds. The molecule has 0 aromatic carbocycles. The molecule has 164 valence electrons. The van der Waals surface area contributed by atoms with Gasteiger partial charge in [0.25, 0.3) is 0 Å². The molecule has 4 saturated carbocycles. The summed E-state index contributed by atoms with van der Waals surface area (Å²) >= 11 is 0. The zero-order valence-corrected chi connectivity index (χ0v) is 19.7. The molecular weight excluding hydrogens is 352 g/mol. The Morgan fingerprint density at radius 3 is 2.34 bits per heavy atom. The number of aliphatic hydroxyl groups excluding tert-OH is 1. The van der Waals surface area contributed by atoms with Crippen LogP contribution in [0.5, 0.6) is 0 Å². The van der Waals surface area contributed by atoms with Crippen molar-refractivity contribution in [3.05, 3.63) is 24.3 Å². The molecular formula is C28H46O. The van der Waals surface area contributed by atoms with E-state index >= 15 is 0 Å². The van der Waals surface area contributed by atoms with E-state index in [0.29, 0.717) is 16.7 Å². The lowest BCUT2D eigenvalue weighted by atomic mass is 9.44. The number of hydrogen-bond donors (Lipinski definition) is 1. The first-order chi connectivity index (χ1) is 13.7. The van der Waals surface area contributed by atoms with Crippen LogP contribution in [0.2, 0.25) is 0 Å². The topological polar surface area (TPSA) is 20.2 Å². The molecule has 0 aromatic rings. The third-order valence-electron chi connectivity index (χ3n) is 10.9. The average Bonchev–Trinajstić information content (AvgIpc) is 3.03. The third kappa shape index (κ3) is 3.48. The van der Waals surface area contributed by atoms with Crippen LogP contribution in [0.25, 0.3) is 0 Å². The van der Waals surface area contributed by atoms with Crippen LogP contribution in [-0.4, -0.2) is 11.2 Å². The molecule has 29 heavy (non-hydrogen) atoms. The van der Waals surface area contributed by atoms with Gasteiger partial charge < -0.3 is 5.11 Å². The van der Waals surface area contributed by atoms with Crippen molar-refractivity contribution in [1.82, 2.24) is 0 Å². The summed E-state index contributed by atoms with van der Waals surface area (Å²) in [6, 6.07) is 0. The molecule has 0 bridgehead atoms. The second-order valence-electron chi connectivity index (χ2n) is 12.2. The fourth-order valence-electron chi connectivity index (χ4n) is 9.17. The highest BCUT2D eigenvalue weighted by Crippen LogP contribution is 2.68. The quantitative estimate of drug-likeness (QED) is 0.474. The Morgan fingerprint density at radius 2 is 1.62 bits per heavy atom. The molecule has 0 radical (unpaired) electrons. The number of allylic oxidation sites excluding steroid dienone is 2. The van der Waals surface area contributed by atoms with Gasteiger partial charge in [0.1, 0.15) is 0 Å². The lowest BCUT2D eigenvalue weighted by molar-refractivity contribution is -0.145. The number of aliphatic hydroxyl groups is 1. The fourth-order valence-corrected chi connectivity index (χ4v) is 9.17. The fraction of sp³-hybridized carbons (Fsp3) is 0.857. The van der Waals surface area contributed by atoms with Gasteiger partial charge in [0.05, 0.1) is 6.10 Å². The van der Waals surface area contributed by atoms with Gasteiger partial charge >= 0.3 is 0 Å². The standard InChI is InChI=1S/C28H46O/c1-18(2)19(3)9-10-20(4)22-13-14-23-21-11-12-25-26(29)8-7-16-27(25,5)24(21)15-17-28(22,23)6/h20-26,29H,1,3,7-17H2,2,4-6H3/t20-,21+,22-,23+,24+,25?,26?,27-,28-/m1/s1. The summed E-state index contributed by atoms with van der Waals surface area (Å²) in [5.74, 6) is 4.96. The molecule has 4 aliphatic rings. The Bertz CT molecular complexity index is 649. The van der Waals surface area contributed by atoms with Gasteiger partial charge in [-0.05, 0) is 117 Å². The van der Waals surface area contributed by atoms with Crippen molar-refractivity contribution in [1.29, 1.82) is 0 Å². The maximum Gasteiger partial charge on any atom is 0.0573 e. The molecule has 0 spiro atoms. The Hall–Kier alpha value is -0.560. The highest BCUT2D eigenvalue weighted by atomic mass is 16.3. The summed E-state index contributed by atoms with van der Waals surface area (Å²) in [5, 5.41) is 10.7. The van der Waals surface area contributed by atoms with Gasteiger partial charge in [-0.2, -0.15) is 0 Å². The number of hydrogen-bond acceptors (Lipinski definition) is 1. The first kappa shape index (κ1) is 21.7. The molecule has 1 N–H and O–H groups in total. The molecule has 4 fully saturated rings. The molecule has 0 saturated heterocycles. The van der Waals surface area contributed by atoms with Crippen molar-refractivity contribution >= 4 is 0 Å². The van der Waals surface area contributed by atoms with Crippen LogP contribution in [0.4, 0.5) is 0 Å². The molecule has 1 nitrogen and oxygen atoms in total. The first-order valence-electron chi connectivity index (χ1n) is 12.7. The van der Waals surface area contributed by atoms with E-state index in [4.69, 9.17) is 0 Å². The zero-order chi connectivity index (χ0) is 21.0. The minimum atomic E-state index is -0.0271. The van der Waals surface area contributed by atoms with Crippen LogP contribution in [-0.2, 0) is 0 Å². The van der Waals surface area contributed by atoms with Gasteiger partial charge in [-0.3, -0.25) is 0 Å². The largest absolute Gasteiger partial charge is 0.393 e. The molecule has 4 aliphatic carbocycles. The molecule has 4 rings (SSSR count). The lowest BCUT2D eigenvalue weighted by Gasteiger charge is -2.61. The van der Waals surface area contributed by atoms with Gasteiger partial charge in [0.2, 0.25) is 0 Å². The molecule has 0 heterocycles. The smallest absolute Gasteiger partial charge is 0.0573 e. The van der Waals surface area contributed by atoms with Crippen LogP contribution in [0, 0.1) is 46.3 Å². The molecule has 0 aromatic heterocycles. The minimum Gasteiger partial charge on any atom is -0.393 e. The van der Waals surface area contributed by atoms with Crippen LogP contribution in [0.3, 0.4) is 0 Å². The Labute approximate surface area is 180 Å². The summed E-state index contributed by atoms with van der Waals surface area (Å²) in [6.45, 7) is 18.2. The maximum absolute atomic E-state index is 10.7. The lowest BCUT2D eigenvalue weighted by Crippen LogP contribution is -2.55. The molecule has 0 aliphatic heterocycles. The summed E-state index contributed by atoms with van der Waals surface area (Å²) in [5.41, 5.74) is 3.36. The van der Waals surface area contributed by atoms with Crippen molar-refractivity contribution in [3.63, 3.8) is 0 Å². The SMILES string of the molecule is C=C(C)C(=C)CC[C@@H](C)[C@H]1CC[C@H]2[C@@H]3CCC4C(O)CCC[C@]4(C)[C@H]3CC[C@]12C. The van der Waals surface area contributed by atoms with Gasteiger partial charge in [-0.15, -0.1) is 0 Å². The van der Waals surface area contributed by atoms with Crippen molar-refractivity contribution < 1.29 is 5.11 Å². The summed E-state index contributed by atoms with van der Waals surface area (Å²) < 4.78 is 0. The molecule has 9 atom stereocenters. The highest BCUT2D eigenvalue weighted by molar-refractivity contribution is 5.22. The van der Waals surface area contributed by atoms with E-state index in [2.05, 4.69) is 40.9 Å². The Balaban J connectivity index is 1.48. The Morgan fingerprint density at radius 1 is 0.931 bits per heavy atom. The minimum absolute atomic E-state index is 0.0271. The van der Waals surface area contributed by atoms with Gasteiger partial charge in [-0.25, -0.2) is 0 Å². The first-order valence-corrected chi connectivity index (χ1v) is 12.7. The monoisotopic (exact) mass is 398 g/mol. The predicted octanol–water partition coefficient (Wildman–Crippen LogP) is 7.55. The van der Waals surface area contributed by atoms with Crippen LogP contribution in [0.1, 0.15) is 98.3 Å². The van der Waals surface area contributed by atoms with E-state index in [9.17, 15) is 5.11 Å². The van der Waals surface area contributed by atoms with Crippen molar-refractivity contribution in [2.24, 2.45) is 46.3 Å². The number of rotatable bonds is 5. The summed E-state index contributed by atoms with van der Waals surface area (Å²) in [4.78, 5) is 0. The van der Waals surface area contributed by atoms with Crippen molar-refractivity contribution in [2.75, 3.05) is 0 Å². The molecule has 2 unspecified atom stereocenters. The normalized spacial score (nSPS) is 47.6. The van der Waals surface area contributed by atoms with E-state index in [0.717, 1.165) is 48.0 Å². The van der Waals surface area contributed by atoms with Crippen LogP contribution in [0.15, 0.2) is 24.3 Å². The average molecular weight is 399 g/mol. The van der Waals surface area contributed by atoms with E-state index in [1.807, 2.05) is 0 Å². The van der Waals surface area contributed by atoms with Crippen molar-refractivity contribution in [3.8, 4) is 0 Å². The van der Waals surface area contributed by atoms with Gasteiger partial charge in [-0.1, -0.05) is 51.5 Å². The molecule has 1 heteroatoms. The number of fused-ring (bicyclic) bond motifs is 5. The van der Waals surface area contributed by atoms with Gasteiger partial charge in [0.15, 0.2) is 0 Å². The van der Waals surface area contributed by atoms with Crippen LogP contribution >= 0.6 is 0 Å².